The van der Waals surface area contributed by atoms with Gasteiger partial charge in [0.25, 0.3) is 0 Å². The minimum atomic E-state index is -4.38. The zero-order chi connectivity index (χ0) is 15.3. The van der Waals surface area contributed by atoms with Crippen molar-refractivity contribution in [3.8, 4) is 0 Å². The second kappa shape index (κ2) is 7.09. The second-order valence-electron chi connectivity index (χ2n) is 5.07. The van der Waals surface area contributed by atoms with Gasteiger partial charge in [-0.25, -0.2) is 4.98 Å². The summed E-state index contributed by atoms with van der Waals surface area (Å²) in [6.45, 7) is 2.24. The van der Waals surface area contributed by atoms with Gasteiger partial charge in [-0.3, -0.25) is 0 Å². The maximum Gasteiger partial charge on any atom is 0.419 e. The summed E-state index contributed by atoms with van der Waals surface area (Å²) in [6, 6.07) is 2.39. The van der Waals surface area contributed by atoms with E-state index in [0.29, 0.717) is 39.1 Å². The molecule has 0 unspecified atom stereocenters. The average molecular weight is 303 g/mol. The molecule has 118 valence electrons. The molecule has 0 spiro atoms. The molecule has 0 radical (unpaired) electrons. The third kappa shape index (κ3) is 4.31. The molecule has 1 saturated heterocycles. The number of ether oxygens (including phenoxy) is 1. The van der Waals surface area contributed by atoms with Crippen molar-refractivity contribution >= 4 is 5.82 Å². The van der Waals surface area contributed by atoms with Crippen LogP contribution in [0.15, 0.2) is 18.3 Å². The molecule has 2 heterocycles. The lowest BCUT2D eigenvalue weighted by Crippen LogP contribution is -2.38. The topological polar surface area (TPSA) is 51.4 Å². The number of piperidine rings is 1. The van der Waals surface area contributed by atoms with Crippen LogP contribution < -0.4 is 10.6 Å². The highest BCUT2D eigenvalue weighted by Crippen LogP contribution is 2.36. The van der Waals surface area contributed by atoms with Crippen LogP contribution in [0, 0.1) is 0 Å². The zero-order valence-electron chi connectivity index (χ0n) is 11.8. The van der Waals surface area contributed by atoms with Crippen LogP contribution >= 0.6 is 0 Å². The molecule has 2 rings (SSSR count). The average Bonchev–Trinajstić information content (AvgIpc) is 2.47. The lowest BCUT2D eigenvalue weighted by molar-refractivity contribution is -0.137. The van der Waals surface area contributed by atoms with E-state index in [2.05, 4.69) is 4.98 Å². The van der Waals surface area contributed by atoms with E-state index in [9.17, 15) is 13.2 Å². The summed E-state index contributed by atoms with van der Waals surface area (Å²) in [5.74, 6) is 0.0189. The van der Waals surface area contributed by atoms with Gasteiger partial charge in [0.2, 0.25) is 0 Å². The van der Waals surface area contributed by atoms with E-state index in [-0.39, 0.29) is 11.9 Å². The molecule has 2 N–H and O–H groups in total. The van der Waals surface area contributed by atoms with Crippen LogP contribution in [-0.2, 0) is 10.9 Å². The van der Waals surface area contributed by atoms with Crippen molar-refractivity contribution in [3.63, 3.8) is 0 Å². The number of anilines is 1. The maximum absolute atomic E-state index is 13.0. The van der Waals surface area contributed by atoms with Crippen LogP contribution in [0.5, 0.6) is 0 Å². The van der Waals surface area contributed by atoms with Crippen LogP contribution in [0.4, 0.5) is 19.0 Å². The predicted molar refractivity (Wildman–Crippen MR) is 74.1 cm³/mol. The highest BCUT2D eigenvalue weighted by atomic mass is 19.4. The van der Waals surface area contributed by atoms with E-state index in [1.54, 1.807) is 4.90 Å². The Balaban J connectivity index is 1.97. The number of pyridine rings is 1. The normalized spacial score (nSPS) is 17.2. The third-order valence-electron chi connectivity index (χ3n) is 3.54. The minimum Gasteiger partial charge on any atom is -0.378 e. The van der Waals surface area contributed by atoms with Gasteiger partial charge in [0.05, 0.1) is 11.7 Å². The Morgan fingerprint density at radius 3 is 2.67 bits per heavy atom. The fourth-order valence-electron chi connectivity index (χ4n) is 2.44. The largest absolute Gasteiger partial charge is 0.419 e. The molecule has 1 aromatic rings. The summed E-state index contributed by atoms with van der Waals surface area (Å²) in [4.78, 5) is 5.60. The number of nitrogens with two attached hydrogens (primary N) is 1. The fraction of sp³-hybridized carbons (Fsp3) is 0.643. The van der Waals surface area contributed by atoms with Crippen molar-refractivity contribution in [1.82, 2.24) is 4.98 Å². The molecule has 0 aromatic carbocycles. The Morgan fingerprint density at radius 1 is 1.33 bits per heavy atom. The fourth-order valence-corrected chi connectivity index (χ4v) is 2.44. The summed E-state index contributed by atoms with van der Waals surface area (Å²) in [5, 5.41) is 0. The highest BCUT2D eigenvalue weighted by Gasteiger charge is 2.36. The van der Waals surface area contributed by atoms with Crippen LogP contribution in [0.25, 0.3) is 0 Å². The summed E-state index contributed by atoms with van der Waals surface area (Å²) in [7, 11) is 0. The Labute approximate surface area is 122 Å². The van der Waals surface area contributed by atoms with E-state index < -0.39 is 11.7 Å². The van der Waals surface area contributed by atoms with Gasteiger partial charge >= 0.3 is 6.18 Å². The number of halogens is 3. The molecule has 21 heavy (non-hydrogen) atoms. The molecule has 7 heteroatoms. The molecule has 1 fully saturated rings. The second-order valence-corrected chi connectivity index (χ2v) is 5.07. The first-order valence-electron chi connectivity index (χ1n) is 7.11. The van der Waals surface area contributed by atoms with Crippen LogP contribution in [0.2, 0.25) is 0 Å². The Kier molecular flexibility index (Phi) is 5.41. The van der Waals surface area contributed by atoms with Crippen LogP contribution in [0.1, 0.15) is 24.8 Å². The predicted octanol–water partition coefficient (Wildman–Crippen LogP) is 2.43. The van der Waals surface area contributed by atoms with Gasteiger partial charge in [0.1, 0.15) is 5.82 Å². The molecule has 0 atom stereocenters. The van der Waals surface area contributed by atoms with Gasteiger partial charge in [-0.05, 0) is 37.9 Å². The summed E-state index contributed by atoms with van der Waals surface area (Å²) in [5.41, 5.74) is 4.72. The first kappa shape index (κ1) is 16.0. The van der Waals surface area contributed by atoms with E-state index >= 15 is 0 Å². The highest BCUT2D eigenvalue weighted by molar-refractivity contribution is 5.48. The molecular formula is C14H20F3N3O. The monoisotopic (exact) mass is 303 g/mol. The number of rotatable bonds is 5. The van der Waals surface area contributed by atoms with E-state index in [1.807, 2.05) is 0 Å². The van der Waals surface area contributed by atoms with Gasteiger partial charge in [0.15, 0.2) is 0 Å². The number of nitrogens with zero attached hydrogens (tertiary/aromatic N) is 2. The SMILES string of the molecule is NCCCOC1CCN(c2ncccc2C(F)(F)F)CC1. The number of hydrogen-bond acceptors (Lipinski definition) is 4. The first-order valence-corrected chi connectivity index (χ1v) is 7.11. The van der Waals surface area contributed by atoms with Gasteiger partial charge in [-0.1, -0.05) is 0 Å². The van der Waals surface area contributed by atoms with Gasteiger partial charge in [0, 0.05) is 25.9 Å². The summed E-state index contributed by atoms with van der Waals surface area (Å²) >= 11 is 0. The zero-order valence-corrected chi connectivity index (χ0v) is 11.8. The first-order chi connectivity index (χ1) is 10.0. The summed E-state index contributed by atoms with van der Waals surface area (Å²) < 4.78 is 44.6. The van der Waals surface area contributed by atoms with Crippen LogP contribution in [-0.4, -0.2) is 37.3 Å². The molecule has 1 aliphatic rings. The molecule has 1 aromatic heterocycles. The number of alkyl halides is 3. The molecule has 0 amide bonds. The Hall–Kier alpha value is -1.34. The van der Waals surface area contributed by atoms with Crippen molar-refractivity contribution < 1.29 is 17.9 Å². The van der Waals surface area contributed by atoms with Crippen molar-refractivity contribution in [2.75, 3.05) is 31.1 Å². The maximum atomic E-state index is 13.0. The van der Waals surface area contributed by atoms with E-state index in [0.717, 1.165) is 12.5 Å². The minimum absolute atomic E-state index is 0.0189. The number of hydrogen-bond donors (Lipinski definition) is 1. The van der Waals surface area contributed by atoms with Crippen molar-refractivity contribution in [2.24, 2.45) is 5.73 Å². The molecule has 1 aliphatic heterocycles. The van der Waals surface area contributed by atoms with E-state index in [1.165, 1.54) is 12.3 Å². The van der Waals surface area contributed by atoms with E-state index in [4.69, 9.17) is 10.5 Å². The molecule has 0 aliphatic carbocycles. The smallest absolute Gasteiger partial charge is 0.378 e. The third-order valence-corrected chi connectivity index (χ3v) is 3.54. The Bertz CT molecular complexity index is 445. The van der Waals surface area contributed by atoms with Gasteiger partial charge in [-0.2, -0.15) is 13.2 Å². The van der Waals surface area contributed by atoms with Crippen molar-refractivity contribution in [2.45, 2.75) is 31.5 Å². The van der Waals surface area contributed by atoms with Gasteiger partial charge < -0.3 is 15.4 Å². The lowest BCUT2D eigenvalue weighted by Gasteiger charge is -2.33. The standard InChI is InChI=1S/C14H20F3N3O/c15-14(16,17)12-3-1-7-19-13(12)20-8-4-11(5-9-20)21-10-2-6-18/h1,3,7,11H,2,4-6,8-10,18H2. The quantitative estimate of drug-likeness (QED) is 0.849. The molecule has 4 nitrogen and oxygen atoms in total. The molecular weight excluding hydrogens is 283 g/mol. The number of aromatic nitrogens is 1. The molecule has 0 bridgehead atoms. The van der Waals surface area contributed by atoms with Gasteiger partial charge in [-0.15, -0.1) is 0 Å². The Morgan fingerprint density at radius 2 is 2.05 bits per heavy atom. The molecule has 0 saturated carbocycles. The van der Waals surface area contributed by atoms with Crippen molar-refractivity contribution in [3.05, 3.63) is 23.9 Å². The summed E-state index contributed by atoms with van der Waals surface area (Å²) in [6.07, 6.45) is -0.659. The van der Waals surface area contributed by atoms with Crippen molar-refractivity contribution in [1.29, 1.82) is 0 Å². The lowest BCUT2D eigenvalue weighted by atomic mass is 10.1. The van der Waals surface area contributed by atoms with Crippen LogP contribution in [0.3, 0.4) is 0 Å².